The van der Waals surface area contributed by atoms with E-state index in [4.69, 9.17) is 5.53 Å². The van der Waals surface area contributed by atoms with E-state index in [-0.39, 0.29) is 0 Å². The molecule has 0 spiro atoms. The van der Waals surface area contributed by atoms with Gasteiger partial charge in [0.15, 0.2) is 0 Å². The third kappa shape index (κ3) is 1.74. The van der Waals surface area contributed by atoms with Gasteiger partial charge in [-0.15, -0.1) is 10.2 Å². The Bertz CT molecular complexity index is 471. The zero-order valence-electron chi connectivity index (χ0n) is 7.16. The quantitative estimate of drug-likeness (QED) is 0.424. The molecule has 0 atom stereocenters. The fraction of sp³-hybridized carbons (Fsp3) is 0. The Hall–Kier alpha value is -1.84. The molecule has 0 unspecified atom stereocenters. The van der Waals surface area contributed by atoms with Crippen molar-refractivity contribution in [1.29, 1.82) is 0 Å². The summed E-state index contributed by atoms with van der Waals surface area (Å²) in [6.45, 7) is 0. The van der Waals surface area contributed by atoms with Gasteiger partial charge in [-0.25, -0.2) is 0 Å². The van der Waals surface area contributed by atoms with Crippen LogP contribution in [-0.4, -0.2) is 21.2 Å². The van der Waals surface area contributed by atoms with Crippen LogP contribution >= 0.6 is 11.3 Å². The van der Waals surface area contributed by atoms with Crippen molar-refractivity contribution in [2.24, 2.45) is 0 Å². The van der Waals surface area contributed by atoms with Gasteiger partial charge < -0.3 is 5.53 Å². The van der Waals surface area contributed by atoms with Gasteiger partial charge >= 0.3 is 6.21 Å². The van der Waals surface area contributed by atoms with Gasteiger partial charge in [0.05, 0.1) is 0 Å². The predicted molar refractivity (Wildman–Crippen MR) is 54.1 cm³/mol. The zero-order valence-corrected chi connectivity index (χ0v) is 7.98. The van der Waals surface area contributed by atoms with E-state index < -0.39 is 0 Å². The molecule has 0 fully saturated rings. The van der Waals surface area contributed by atoms with E-state index in [9.17, 15) is 0 Å². The lowest BCUT2D eigenvalue weighted by atomic mass is 10.2. The van der Waals surface area contributed by atoms with Crippen LogP contribution in [0.25, 0.3) is 16.1 Å². The van der Waals surface area contributed by atoms with E-state index in [1.807, 2.05) is 30.3 Å². The molecule has 4 nitrogen and oxygen atoms in total. The second-order valence-corrected chi connectivity index (χ2v) is 3.57. The summed E-state index contributed by atoms with van der Waals surface area (Å²) in [4.78, 5) is 2.90. The van der Waals surface area contributed by atoms with E-state index in [1.54, 1.807) is 0 Å². The van der Waals surface area contributed by atoms with Crippen LogP contribution in [0.4, 0.5) is 0 Å². The van der Waals surface area contributed by atoms with Crippen molar-refractivity contribution >= 4 is 17.6 Å². The Morgan fingerprint density at radius 3 is 2.71 bits per heavy atom. The van der Waals surface area contributed by atoms with Crippen molar-refractivity contribution in [2.45, 2.75) is 0 Å². The predicted octanol–water partition coefficient (Wildman–Crippen LogP) is 1.85. The number of hydrogen-bond acceptors (Lipinski definition) is 3. The second kappa shape index (κ2) is 3.91. The molecule has 68 valence electrons. The molecule has 0 bridgehead atoms. The summed E-state index contributed by atoms with van der Waals surface area (Å²) in [6.07, 6.45) is 1.27. The lowest BCUT2D eigenvalue weighted by molar-refractivity contribution is 0.00451. The standard InChI is InChI=1S/C9H6N4S/c10-11-6-8-12-13-9(14-8)7-4-2-1-3-5-7/h1-6H. The molecule has 1 aromatic heterocycles. The molecule has 2 aromatic rings. The third-order valence-corrected chi connectivity index (χ3v) is 2.54. The average molecular weight is 202 g/mol. The average Bonchev–Trinajstić information content (AvgIpc) is 2.68. The van der Waals surface area contributed by atoms with Crippen LogP contribution in [0.5, 0.6) is 0 Å². The molecular weight excluding hydrogens is 196 g/mol. The second-order valence-electron chi connectivity index (χ2n) is 2.56. The summed E-state index contributed by atoms with van der Waals surface area (Å²) in [5.41, 5.74) is 9.32. The minimum atomic E-state index is 0.589. The molecule has 0 N–H and O–H groups in total. The van der Waals surface area contributed by atoms with Gasteiger partial charge in [-0.05, 0) is 0 Å². The largest absolute Gasteiger partial charge is 0.361 e. The van der Waals surface area contributed by atoms with E-state index >= 15 is 0 Å². The maximum absolute atomic E-state index is 8.31. The van der Waals surface area contributed by atoms with E-state index in [1.165, 1.54) is 17.6 Å². The lowest BCUT2D eigenvalue weighted by Gasteiger charge is -1.90. The lowest BCUT2D eigenvalue weighted by Crippen LogP contribution is -1.78. The van der Waals surface area contributed by atoms with Crippen molar-refractivity contribution in [3.63, 3.8) is 0 Å². The monoisotopic (exact) mass is 202 g/mol. The van der Waals surface area contributed by atoms with E-state index in [2.05, 4.69) is 15.0 Å². The Balaban J connectivity index is 2.39. The molecule has 2 rings (SSSR count). The highest BCUT2D eigenvalue weighted by molar-refractivity contribution is 7.16. The van der Waals surface area contributed by atoms with Crippen LogP contribution in [-0.2, 0) is 0 Å². The number of aromatic nitrogens is 2. The molecule has 1 heterocycles. The first-order valence-corrected chi connectivity index (χ1v) is 4.78. The van der Waals surface area contributed by atoms with E-state index in [0.29, 0.717) is 5.01 Å². The summed E-state index contributed by atoms with van der Waals surface area (Å²) >= 11 is 1.38. The molecule has 0 aliphatic carbocycles. The van der Waals surface area contributed by atoms with Crippen molar-refractivity contribution in [3.05, 3.63) is 40.9 Å². The van der Waals surface area contributed by atoms with Gasteiger partial charge in [-0.3, -0.25) is 0 Å². The summed E-state index contributed by atoms with van der Waals surface area (Å²) in [5, 5.41) is 9.22. The van der Waals surface area contributed by atoms with Gasteiger partial charge in [0.1, 0.15) is 5.01 Å². The first kappa shape index (κ1) is 8.74. The SMILES string of the molecule is [N-]=[N+]=Cc1nnc(-c2ccccc2)s1. The molecule has 0 saturated carbocycles. The maximum Gasteiger partial charge on any atom is 0.318 e. The first-order chi connectivity index (χ1) is 6.90. The molecule has 0 radical (unpaired) electrons. The number of rotatable bonds is 2. The minimum Gasteiger partial charge on any atom is -0.361 e. The number of benzene rings is 1. The van der Waals surface area contributed by atoms with Crippen molar-refractivity contribution < 1.29 is 4.79 Å². The van der Waals surface area contributed by atoms with Gasteiger partial charge in [-0.2, -0.15) is 4.79 Å². The first-order valence-electron chi connectivity index (χ1n) is 3.96. The maximum atomic E-state index is 8.31. The number of nitrogens with zero attached hydrogens (tertiary/aromatic N) is 4. The molecular formula is C9H6N4S. The summed E-state index contributed by atoms with van der Waals surface area (Å²) < 4.78 is 0. The highest BCUT2D eigenvalue weighted by Crippen LogP contribution is 2.21. The third-order valence-electron chi connectivity index (χ3n) is 1.63. The highest BCUT2D eigenvalue weighted by atomic mass is 32.1. The van der Waals surface area contributed by atoms with Gasteiger partial charge in [0.25, 0.3) is 0 Å². The Morgan fingerprint density at radius 1 is 1.21 bits per heavy atom. The molecule has 5 heteroatoms. The van der Waals surface area contributed by atoms with Crippen LogP contribution in [0.3, 0.4) is 0 Å². The van der Waals surface area contributed by atoms with Crippen LogP contribution in [0, 0.1) is 0 Å². The highest BCUT2D eigenvalue weighted by Gasteiger charge is 2.05. The Kier molecular flexibility index (Phi) is 2.44. The molecule has 0 aliphatic heterocycles. The Morgan fingerprint density at radius 2 is 2.00 bits per heavy atom. The molecule has 0 saturated heterocycles. The molecule has 0 amide bonds. The fourth-order valence-corrected chi connectivity index (χ4v) is 1.75. The van der Waals surface area contributed by atoms with Crippen LogP contribution < -0.4 is 0 Å². The summed E-state index contributed by atoms with van der Waals surface area (Å²) in [5.74, 6) is 0. The fourth-order valence-electron chi connectivity index (χ4n) is 1.03. The number of hydrogen-bond donors (Lipinski definition) is 0. The molecule has 1 aromatic carbocycles. The van der Waals surface area contributed by atoms with Gasteiger partial charge in [0, 0.05) is 5.56 Å². The van der Waals surface area contributed by atoms with Gasteiger partial charge in [0.2, 0.25) is 5.01 Å². The topological polar surface area (TPSA) is 62.2 Å². The minimum absolute atomic E-state index is 0.589. The molecule has 0 aliphatic rings. The van der Waals surface area contributed by atoms with Gasteiger partial charge in [-0.1, -0.05) is 41.7 Å². The van der Waals surface area contributed by atoms with Crippen molar-refractivity contribution in [3.8, 4) is 10.6 Å². The summed E-state index contributed by atoms with van der Waals surface area (Å²) in [7, 11) is 0. The van der Waals surface area contributed by atoms with E-state index in [0.717, 1.165) is 10.6 Å². The van der Waals surface area contributed by atoms with Crippen molar-refractivity contribution in [2.75, 3.05) is 0 Å². The molecule has 14 heavy (non-hydrogen) atoms. The normalized spacial score (nSPS) is 9.43. The smallest absolute Gasteiger partial charge is 0.318 e. The van der Waals surface area contributed by atoms with Crippen LogP contribution in [0.1, 0.15) is 5.01 Å². The zero-order chi connectivity index (χ0) is 9.80. The van der Waals surface area contributed by atoms with Crippen LogP contribution in [0.2, 0.25) is 0 Å². The Labute approximate surface area is 84.5 Å². The van der Waals surface area contributed by atoms with Crippen LogP contribution in [0.15, 0.2) is 30.3 Å². The summed E-state index contributed by atoms with van der Waals surface area (Å²) in [6, 6.07) is 9.74. The van der Waals surface area contributed by atoms with Crippen molar-refractivity contribution in [1.82, 2.24) is 10.2 Å².